The van der Waals surface area contributed by atoms with Gasteiger partial charge >= 0.3 is 5.97 Å². The predicted octanol–water partition coefficient (Wildman–Crippen LogP) is 4.45. The van der Waals surface area contributed by atoms with Crippen molar-refractivity contribution in [3.8, 4) is 16.9 Å². The molecule has 0 radical (unpaired) electrons. The average Bonchev–Trinajstić information content (AvgIpc) is 2.99. The number of ether oxygens (including phenoxy) is 1. The van der Waals surface area contributed by atoms with Crippen LogP contribution in [0.2, 0.25) is 0 Å². The Morgan fingerprint density at radius 3 is 2.71 bits per heavy atom. The van der Waals surface area contributed by atoms with Crippen molar-refractivity contribution in [2.45, 2.75) is 6.92 Å². The Morgan fingerprint density at radius 2 is 2.00 bits per heavy atom. The highest BCUT2D eigenvalue weighted by Gasteiger charge is 2.19. The van der Waals surface area contributed by atoms with Crippen molar-refractivity contribution in [3.05, 3.63) is 53.4 Å². The van der Waals surface area contributed by atoms with Gasteiger partial charge in [0.1, 0.15) is 11.3 Å². The van der Waals surface area contributed by atoms with E-state index in [2.05, 4.69) is 0 Å². The van der Waals surface area contributed by atoms with Gasteiger partial charge in [0.05, 0.1) is 6.61 Å². The third kappa shape index (κ3) is 2.38. The van der Waals surface area contributed by atoms with Crippen LogP contribution < -0.4 is 0 Å². The minimum atomic E-state index is -0.500. The van der Waals surface area contributed by atoms with Gasteiger partial charge in [-0.15, -0.1) is 11.3 Å². The first kappa shape index (κ1) is 13.6. The van der Waals surface area contributed by atoms with Crippen molar-refractivity contribution in [2.24, 2.45) is 0 Å². The molecule has 0 unspecified atom stereocenters. The minimum absolute atomic E-state index is 0.00983. The van der Waals surface area contributed by atoms with E-state index in [0.717, 1.165) is 15.8 Å². The van der Waals surface area contributed by atoms with Crippen molar-refractivity contribution in [1.29, 1.82) is 0 Å². The first-order valence-electron chi connectivity index (χ1n) is 6.68. The van der Waals surface area contributed by atoms with Gasteiger partial charge in [-0.25, -0.2) is 4.79 Å². The van der Waals surface area contributed by atoms with Crippen LogP contribution in [0.1, 0.15) is 17.3 Å². The fraction of sp³-hybridized carbons (Fsp3) is 0.118. The summed E-state index contributed by atoms with van der Waals surface area (Å²) in [5.74, 6) is -0.510. The number of aromatic hydroxyl groups is 1. The topological polar surface area (TPSA) is 46.5 Å². The van der Waals surface area contributed by atoms with Crippen molar-refractivity contribution in [3.63, 3.8) is 0 Å². The number of hydrogen-bond donors (Lipinski definition) is 1. The fourth-order valence-electron chi connectivity index (χ4n) is 2.32. The molecule has 21 heavy (non-hydrogen) atoms. The molecular weight excluding hydrogens is 284 g/mol. The largest absolute Gasteiger partial charge is 0.506 e. The van der Waals surface area contributed by atoms with E-state index in [0.29, 0.717) is 5.39 Å². The molecule has 0 aliphatic heterocycles. The van der Waals surface area contributed by atoms with Gasteiger partial charge in [0.15, 0.2) is 0 Å². The van der Waals surface area contributed by atoms with Gasteiger partial charge in [-0.1, -0.05) is 30.3 Å². The Labute approximate surface area is 126 Å². The molecule has 0 atom stereocenters. The van der Waals surface area contributed by atoms with E-state index >= 15 is 0 Å². The van der Waals surface area contributed by atoms with Gasteiger partial charge in [-0.3, -0.25) is 0 Å². The number of esters is 1. The monoisotopic (exact) mass is 298 g/mol. The number of hydrogen-bond acceptors (Lipinski definition) is 4. The maximum absolute atomic E-state index is 12.0. The van der Waals surface area contributed by atoms with E-state index in [1.165, 1.54) is 0 Å². The number of fused-ring (bicyclic) bond motifs is 1. The molecule has 1 aromatic heterocycles. The van der Waals surface area contributed by atoms with Crippen LogP contribution in [0.15, 0.2) is 47.8 Å². The van der Waals surface area contributed by atoms with Gasteiger partial charge in [0.25, 0.3) is 0 Å². The smallest absolute Gasteiger partial charge is 0.341 e. The number of carbonyl (C=O) groups excluding carboxylic acids is 1. The molecule has 0 fully saturated rings. The van der Waals surface area contributed by atoms with Gasteiger partial charge < -0.3 is 9.84 Å². The van der Waals surface area contributed by atoms with E-state index in [1.54, 1.807) is 24.3 Å². The minimum Gasteiger partial charge on any atom is -0.506 e. The van der Waals surface area contributed by atoms with Crippen LogP contribution in [0.25, 0.3) is 21.2 Å². The number of carbonyl (C=O) groups is 1. The van der Waals surface area contributed by atoms with Crippen LogP contribution in [0.4, 0.5) is 0 Å². The van der Waals surface area contributed by atoms with E-state index in [9.17, 15) is 9.90 Å². The summed E-state index contributed by atoms with van der Waals surface area (Å²) in [6.45, 7) is 2.02. The molecule has 3 rings (SSSR count). The zero-order valence-electron chi connectivity index (χ0n) is 11.5. The summed E-state index contributed by atoms with van der Waals surface area (Å²) in [6, 6.07) is 13.4. The zero-order chi connectivity index (χ0) is 14.8. The van der Waals surface area contributed by atoms with E-state index in [1.807, 2.05) is 41.8 Å². The zero-order valence-corrected chi connectivity index (χ0v) is 12.3. The molecule has 3 aromatic rings. The molecule has 0 amide bonds. The summed E-state index contributed by atoms with van der Waals surface area (Å²) in [4.78, 5) is 12.0. The van der Waals surface area contributed by atoms with E-state index in [-0.39, 0.29) is 17.9 Å². The number of benzene rings is 2. The standard InChI is InChI=1S/C17H14O3S/c1-2-20-17(19)14-10-13(11-6-4-3-5-7-11)16-12(15(14)18)8-9-21-16/h3-10,18H,2H2,1H3. The summed E-state index contributed by atoms with van der Waals surface area (Å²) in [5, 5.41) is 12.9. The number of phenolic OH excluding ortho intramolecular Hbond substituents is 1. The van der Waals surface area contributed by atoms with Gasteiger partial charge in [0, 0.05) is 15.6 Å². The van der Waals surface area contributed by atoms with Crippen LogP contribution in [0, 0.1) is 0 Å². The lowest BCUT2D eigenvalue weighted by Gasteiger charge is -2.10. The van der Waals surface area contributed by atoms with Crippen LogP contribution in [-0.4, -0.2) is 17.7 Å². The van der Waals surface area contributed by atoms with Crippen molar-refractivity contribution < 1.29 is 14.6 Å². The molecular formula is C17H14O3S. The number of thiophene rings is 1. The van der Waals surface area contributed by atoms with Crippen molar-refractivity contribution >= 4 is 27.4 Å². The maximum Gasteiger partial charge on any atom is 0.341 e. The third-order valence-electron chi connectivity index (χ3n) is 3.29. The molecule has 0 saturated heterocycles. The fourth-order valence-corrected chi connectivity index (χ4v) is 3.26. The molecule has 2 aromatic carbocycles. The van der Waals surface area contributed by atoms with Gasteiger partial charge in [-0.2, -0.15) is 0 Å². The highest BCUT2D eigenvalue weighted by Crippen LogP contribution is 2.40. The lowest BCUT2D eigenvalue weighted by Crippen LogP contribution is -2.05. The van der Waals surface area contributed by atoms with E-state index in [4.69, 9.17) is 4.74 Å². The first-order chi connectivity index (χ1) is 10.2. The molecule has 1 N–H and O–H groups in total. The molecule has 0 aliphatic carbocycles. The van der Waals surface area contributed by atoms with Crippen molar-refractivity contribution in [2.75, 3.05) is 6.61 Å². The van der Waals surface area contributed by atoms with Crippen LogP contribution >= 0.6 is 11.3 Å². The quantitative estimate of drug-likeness (QED) is 0.727. The lowest BCUT2D eigenvalue weighted by atomic mass is 10.00. The molecule has 0 spiro atoms. The highest BCUT2D eigenvalue weighted by atomic mass is 32.1. The molecule has 106 valence electrons. The maximum atomic E-state index is 12.0. The van der Waals surface area contributed by atoms with Gasteiger partial charge in [0.2, 0.25) is 0 Å². The second-order valence-corrected chi connectivity index (χ2v) is 5.49. The van der Waals surface area contributed by atoms with Crippen LogP contribution in [0.3, 0.4) is 0 Å². The second kappa shape index (κ2) is 5.58. The number of rotatable bonds is 3. The Kier molecular flexibility index (Phi) is 3.62. The Hall–Kier alpha value is -2.33. The summed E-state index contributed by atoms with van der Waals surface area (Å²) < 4.78 is 5.99. The molecule has 0 aliphatic rings. The summed E-state index contributed by atoms with van der Waals surface area (Å²) in [7, 11) is 0. The summed E-state index contributed by atoms with van der Waals surface area (Å²) >= 11 is 1.54. The van der Waals surface area contributed by atoms with Crippen molar-refractivity contribution in [1.82, 2.24) is 0 Å². The van der Waals surface area contributed by atoms with Gasteiger partial charge in [-0.05, 0) is 30.0 Å². The molecule has 0 bridgehead atoms. The van der Waals surface area contributed by atoms with E-state index < -0.39 is 5.97 Å². The highest BCUT2D eigenvalue weighted by molar-refractivity contribution is 7.17. The molecule has 0 saturated carbocycles. The third-order valence-corrected chi connectivity index (χ3v) is 4.24. The molecule has 3 nitrogen and oxygen atoms in total. The molecule has 1 heterocycles. The summed E-state index contributed by atoms with van der Waals surface area (Å²) in [6.07, 6.45) is 0. The average molecular weight is 298 g/mol. The van der Waals surface area contributed by atoms with Crippen LogP contribution in [0.5, 0.6) is 5.75 Å². The summed E-state index contributed by atoms with van der Waals surface area (Å²) in [5.41, 5.74) is 2.15. The lowest BCUT2D eigenvalue weighted by molar-refractivity contribution is 0.0523. The Bertz CT molecular complexity index is 790. The first-order valence-corrected chi connectivity index (χ1v) is 7.56. The SMILES string of the molecule is CCOC(=O)c1cc(-c2ccccc2)c2sccc2c1O. The Morgan fingerprint density at radius 1 is 1.24 bits per heavy atom. The second-order valence-electron chi connectivity index (χ2n) is 4.57. The number of phenols is 1. The van der Waals surface area contributed by atoms with Crippen LogP contribution in [-0.2, 0) is 4.74 Å². The normalized spacial score (nSPS) is 10.7. The predicted molar refractivity (Wildman–Crippen MR) is 84.9 cm³/mol. The molecule has 4 heteroatoms. The Balaban J connectivity index is 2.27.